The van der Waals surface area contributed by atoms with Crippen LogP contribution in [0.15, 0.2) is 35.5 Å². The lowest BCUT2D eigenvalue weighted by molar-refractivity contribution is 0.442. The number of hydrogen-bond acceptors (Lipinski definition) is 1. The number of likely N-dealkylation sites (N-methyl/N-ethyl adjacent to an activating group) is 1. The molecule has 0 atom stereocenters. The number of nitrogens with zero attached hydrogens (tertiary/aromatic N) is 1. The SMILES string of the molecule is C=C1C(=C)C(N(C)CC)=C1BC. The summed E-state index contributed by atoms with van der Waals surface area (Å²) in [7, 11) is 3.17. The first-order chi connectivity index (χ1) is 5.63. The average Bonchev–Trinajstić information content (AvgIpc) is 2.11. The maximum atomic E-state index is 3.99. The van der Waals surface area contributed by atoms with Crippen molar-refractivity contribution in [3.63, 3.8) is 0 Å². The summed E-state index contributed by atoms with van der Waals surface area (Å²) in [5.74, 6) is 0. The van der Waals surface area contributed by atoms with E-state index in [9.17, 15) is 0 Å². The molecule has 0 aromatic heterocycles. The van der Waals surface area contributed by atoms with E-state index in [1.807, 2.05) is 0 Å². The van der Waals surface area contributed by atoms with Crippen LogP contribution >= 0.6 is 0 Å². The smallest absolute Gasteiger partial charge is 0.158 e. The third-order valence-electron chi connectivity index (χ3n) is 2.51. The third kappa shape index (κ3) is 1.11. The van der Waals surface area contributed by atoms with Gasteiger partial charge in [-0.05, 0) is 18.1 Å². The van der Waals surface area contributed by atoms with Crippen molar-refractivity contribution >= 4 is 7.28 Å². The first-order valence-electron chi connectivity index (χ1n) is 4.46. The van der Waals surface area contributed by atoms with Gasteiger partial charge < -0.3 is 4.90 Å². The van der Waals surface area contributed by atoms with E-state index < -0.39 is 0 Å². The molecule has 0 amide bonds. The monoisotopic (exact) mass is 161 g/mol. The molecule has 0 unspecified atom stereocenters. The Bertz CT molecular complexity index is 263. The molecular formula is C10H16BN. The minimum Gasteiger partial charge on any atom is -0.375 e. The molecule has 2 heteroatoms. The second-order valence-corrected chi connectivity index (χ2v) is 3.15. The van der Waals surface area contributed by atoms with Gasteiger partial charge in [-0.1, -0.05) is 25.5 Å². The van der Waals surface area contributed by atoms with Gasteiger partial charge in [0.15, 0.2) is 7.28 Å². The van der Waals surface area contributed by atoms with E-state index in [2.05, 4.69) is 38.9 Å². The summed E-state index contributed by atoms with van der Waals surface area (Å²) in [6.45, 7) is 13.3. The molecule has 0 saturated carbocycles. The Kier molecular flexibility index (Phi) is 2.46. The summed E-state index contributed by atoms with van der Waals surface area (Å²) < 4.78 is 0. The highest BCUT2D eigenvalue weighted by atomic mass is 15.1. The Balaban J connectivity index is 2.94. The summed E-state index contributed by atoms with van der Waals surface area (Å²) in [6.07, 6.45) is 0. The fraction of sp³-hybridized carbons (Fsp3) is 0.400. The van der Waals surface area contributed by atoms with Gasteiger partial charge in [-0.3, -0.25) is 0 Å². The normalized spacial score (nSPS) is 16.2. The molecule has 0 bridgehead atoms. The molecule has 0 N–H and O–H groups in total. The Morgan fingerprint density at radius 3 is 2.33 bits per heavy atom. The van der Waals surface area contributed by atoms with E-state index >= 15 is 0 Å². The van der Waals surface area contributed by atoms with Crippen molar-refractivity contribution in [2.45, 2.75) is 13.7 Å². The summed E-state index contributed by atoms with van der Waals surface area (Å²) >= 11 is 0. The second kappa shape index (κ2) is 3.22. The van der Waals surface area contributed by atoms with Crippen molar-refractivity contribution < 1.29 is 0 Å². The van der Waals surface area contributed by atoms with Crippen LogP contribution in [0, 0.1) is 0 Å². The molecule has 64 valence electrons. The highest BCUT2D eigenvalue weighted by Crippen LogP contribution is 2.37. The quantitative estimate of drug-likeness (QED) is 0.570. The zero-order chi connectivity index (χ0) is 9.30. The topological polar surface area (TPSA) is 3.24 Å². The summed E-state index contributed by atoms with van der Waals surface area (Å²) in [5.41, 5.74) is 4.96. The average molecular weight is 161 g/mol. The van der Waals surface area contributed by atoms with Gasteiger partial charge in [0, 0.05) is 19.3 Å². The van der Waals surface area contributed by atoms with Crippen molar-refractivity contribution in [2.75, 3.05) is 13.6 Å². The zero-order valence-electron chi connectivity index (χ0n) is 8.28. The summed E-state index contributed by atoms with van der Waals surface area (Å²) in [6, 6.07) is 0. The van der Waals surface area contributed by atoms with Crippen LogP contribution in [0.4, 0.5) is 0 Å². The minimum atomic E-state index is 1.03. The molecule has 0 aromatic carbocycles. The first kappa shape index (κ1) is 9.18. The van der Waals surface area contributed by atoms with Gasteiger partial charge in [0.1, 0.15) is 0 Å². The van der Waals surface area contributed by atoms with Gasteiger partial charge >= 0.3 is 0 Å². The Hall–Kier alpha value is -0.915. The lowest BCUT2D eigenvalue weighted by atomic mass is 9.60. The molecule has 0 fully saturated rings. The van der Waals surface area contributed by atoms with Crippen LogP contribution in [0.3, 0.4) is 0 Å². The highest BCUT2D eigenvalue weighted by Gasteiger charge is 2.26. The first-order valence-corrected chi connectivity index (χ1v) is 4.46. The van der Waals surface area contributed by atoms with Gasteiger partial charge in [-0.25, -0.2) is 0 Å². The van der Waals surface area contributed by atoms with Gasteiger partial charge in [-0.15, -0.1) is 0 Å². The van der Waals surface area contributed by atoms with E-state index in [0.717, 1.165) is 25.0 Å². The molecular weight excluding hydrogens is 145 g/mol. The molecule has 1 aliphatic rings. The molecule has 0 heterocycles. The van der Waals surface area contributed by atoms with Crippen molar-refractivity contribution in [1.82, 2.24) is 4.90 Å². The maximum absolute atomic E-state index is 3.99. The van der Waals surface area contributed by atoms with Crippen molar-refractivity contribution in [3.05, 3.63) is 35.5 Å². The van der Waals surface area contributed by atoms with Crippen molar-refractivity contribution in [2.24, 2.45) is 0 Å². The molecule has 0 aromatic rings. The Morgan fingerprint density at radius 1 is 1.33 bits per heavy atom. The number of rotatable bonds is 3. The largest absolute Gasteiger partial charge is 0.375 e. The molecule has 0 saturated heterocycles. The third-order valence-corrected chi connectivity index (χ3v) is 2.51. The van der Waals surface area contributed by atoms with E-state index in [0.29, 0.717) is 0 Å². The van der Waals surface area contributed by atoms with Crippen LogP contribution < -0.4 is 0 Å². The van der Waals surface area contributed by atoms with Crippen LogP contribution in [-0.4, -0.2) is 25.8 Å². The molecule has 0 aliphatic heterocycles. The summed E-state index contributed by atoms with van der Waals surface area (Å²) in [4.78, 5) is 2.23. The van der Waals surface area contributed by atoms with Gasteiger partial charge in [0.05, 0.1) is 0 Å². The highest BCUT2D eigenvalue weighted by molar-refractivity contribution is 6.47. The zero-order valence-corrected chi connectivity index (χ0v) is 8.28. The van der Waals surface area contributed by atoms with Gasteiger partial charge in [0.2, 0.25) is 0 Å². The Morgan fingerprint density at radius 2 is 1.92 bits per heavy atom. The predicted octanol–water partition coefficient (Wildman–Crippen LogP) is 1.76. The second-order valence-electron chi connectivity index (χ2n) is 3.15. The lowest BCUT2D eigenvalue weighted by Crippen LogP contribution is -2.28. The van der Waals surface area contributed by atoms with E-state index in [1.54, 1.807) is 0 Å². The van der Waals surface area contributed by atoms with Crippen LogP contribution in [0.2, 0.25) is 6.82 Å². The van der Waals surface area contributed by atoms with Crippen LogP contribution in [0.1, 0.15) is 6.92 Å². The summed E-state index contributed by atoms with van der Waals surface area (Å²) in [5, 5.41) is 0. The molecule has 1 aliphatic carbocycles. The van der Waals surface area contributed by atoms with Crippen molar-refractivity contribution in [1.29, 1.82) is 0 Å². The van der Waals surface area contributed by atoms with E-state index in [1.165, 1.54) is 11.2 Å². The van der Waals surface area contributed by atoms with Gasteiger partial charge in [0.25, 0.3) is 0 Å². The van der Waals surface area contributed by atoms with E-state index in [-0.39, 0.29) is 0 Å². The maximum Gasteiger partial charge on any atom is 0.158 e. The molecule has 12 heavy (non-hydrogen) atoms. The fourth-order valence-electron chi connectivity index (χ4n) is 1.59. The molecule has 0 spiro atoms. The molecule has 0 radical (unpaired) electrons. The van der Waals surface area contributed by atoms with Gasteiger partial charge in [-0.2, -0.15) is 0 Å². The number of hydrogen-bond donors (Lipinski definition) is 0. The fourth-order valence-corrected chi connectivity index (χ4v) is 1.59. The lowest BCUT2D eigenvalue weighted by Gasteiger charge is -2.35. The van der Waals surface area contributed by atoms with Crippen LogP contribution in [-0.2, 0) is 0 Å². The number of allylic oxidation sites excluding steroid dienone is 2. The predicted molar refractivity (Wildman–Crippen MR) is 56.6 cm³/mol. The van der Waals surface area contributed by atoms with Crippen LogP contribution in [0.25, 0.3) is 0 Å². The minimum absolute atomic E-state index is 1.03. The standard InChI is InChI=1S/C10H16BN/c1-6-12(5)10-8(3)7(2)9(10)11-4/h11H,2-3,6H2,1,4-5H3. The molecule has 1 rings (SSSR count). The van der Waals surface area contributed by atoms with Crippen molar-refractivity contribution in [3.8, 4) is 0 Å². The van der Waals surface area contributed by atoms with Crippen LogP contribution in [0.5, 0.6) is 0 Å². The van der Waals surface area contributed by atoms with E-state index in [4.69, 9.17) is 0 Å². The Labute approximate surface area is 75.7 Å². The molecule has 1 nitrogen and oxygen atoms in total.